The number of rotatable bonds is 2. The molecule has 1 heterocycles. The standard InChI is InChI=1S/C8H8OS/c1-7(9)4-5-8-3-2-6-10-8/h2-6H,1H3/b5-4-. The molecule has 2 heteroatoms. The maximum atomic E-state index is 10.5. The van der Waals surface area contributed by atoms with Gasteiger partial charge < -0.3 is 0 Å². The Hall–Kier alpha value is -0.890. The van der Waals surface area contributed by atoms with Gasteiger partial charge in [-0.3, -0.25) is 4.79 Å². The maximum Gasteiger partial charge on any atom is 0.152 e. The number of carbonyl (C=O) groups is 1. The Kier molecular flexibility index (Phi) is 2.40. The van der Waals surface area contributed by atoms with E-state index in [-0.39, 0.29) is 5.78 Å². The van der Waals surface area contributed by atoms with Gasteiger partial charge in [-0.1, -0.05) is 6.07 Å². The lowest BCUT2D eigenvalue weighted by atomic mass is 10.3. The van der Waals surface area contributed by atoms with E-state index in [4.69, 9.17) is 0 Å². The summed E-state index contributed by atoms with van der Waals surface area (Å²) >= 11 is 1.63. The first-order valence-electron chi connectivity index (χ1n) is 3.01. The zero-order valence-corrected chi connectivity index (χ0v) is 6.52. The fourth-order valence-corrected chi connectivity index (χ4v) is 1.20. The van der Waals surface area contributed by atoms with Crippen LogP contribution in [0.2, 0.25) is 0 Å². The van der Waals surface area contributed by atoms with Crippen LogP contribution in [-0.2, 0) is 4.79 Å². The molecule has 0 aliphatic carbocycles. The van der Waals surface area contributed by atoms with Crippen molar-refractivity contribution in [1.82, 2.24) is 0 Å². The Bertz CT molecular complexity index is 234. The molecule has 1 aromatic rings. The average Bonchev–Trinajstić information content (AvgIpc) is 2.34. The predicted molar refractivity (Wildman–Crippen MR) is 44.0 cm³/mol. The van der Waals surface area contributed by atoms with Gasteiger partial charge in [-0.2, -0.15) is 0 Å². The lowest BCUT2D eigenvalue weighted by Gasteiger charge is -1.79. The molecular formula is C8H8OS. The summed E-state index contributed by atoms with van der Waals surface area (Å²) in [5.41, 5.74) is 0. The Labute approximate surface area is 64.0 Å². The van der Waals surface area contributed by atoms with Gasteiger partial charge >= 0.3 is 0 Å². The van der Waals surface area contributed by atoms with Gasteiger partial charge in [-0.05, 0) is 30.5 Å². The van der Waals surface area contributed by atoms with Crippen LogP contribution in [0.5, 0.6) is 0 Å². The third-order valence-corrected chi connectivity index (χ3v) is 1.86. The Morgan fingerprint density at radius 2 is 2.50 bits per heavy atom. The van der Waals surface area contributed by atoms with Crippen LogP contribution in [-0.4, -0.2) is 5.78 Å². The molecule has 0 atom stereocenters. The molecule has 0 amide bonds. The first kappa shape index (κ1) is 7.22. The lowest BCUT2D eigenvalue weighted by Crippen LogP contribution is -1.77. The molecule has 1 nitrogen and oxygen atoms in total. The second-order valence-electron chi connectivity index (χ2n) is 1.96. The number of carbonyl (C=O) groups excluding carboxylic acids is 1. The maximum absolute atomic E-state index is 10.5. The number of hydrogen-bond acceptors (Lipinski definition) is 2. The van der Waals surface area contributed by atoms with E-state index >= 15 is 0 Å². The molecule has 52 valence electrons. The molecule has 0 bridgehead atoms. The van der Waals surface area contributed by atoms with Crippen molar-refractivity contribution < 1.29 is 4.79 Å². The minimum Gasteiger partial charge on any atom is -0.295 e. The molecule has 0 unspecified atom stereocenters. The van der Waals surface area contributed by atoms with E-state index < -0.39 is 0 Å². The van der Waals surface area contributed by atoms with Crippen LogP contribution in [0.3, 0.4) is 0 Å². The van der Waals surface area contributed by atoms with E-state index in [2.05, 4.69) is 0 Å². The molecule has 10 heavy (non-hydrogen) atoms. The van der Waals surface area contributed by atoms with Crippen molar-refractivity contribution >= 4 is 23.2 Å². The first-order valence-corrected chi connectivity index (χ1v) is 3.89. The predicted octanol–water partition coefficient (Wildman–Crippen LogP) is 2.35. The van der Waals surface area contributed by atoms with Crippen LogP contribution >= 0.6 is 11.3 Å². The number of ketones is 1. The largest absolute Gasteiger partial charge is 0.295 e. The Morgan fingerprint density at radius 1 is 1.70 bits per heavy atom. The molecule has 0 aromatic carbocycles. The van der Waals surface area contributed by atoms with Crippen molar-refractivity contribution in [3.63, 3.8) is 0 Å². The molecule has 0 radical (unpaired) electrons. The minimum absolute atomic E-state index is 0.0911. The van der Waals surface area contributed by atoms with E-state index in [9.17, 15) is 4.79 Å². The average molecular weight is 152 g/mol. The fraction of sp³-hybridized carbons (Fsp3) is 0.125. The molecule has 0 N–H and O–H groups in total. The molecule has 1 rings (SSSR count). The van der Waals surface area contributed by atoms with Crippen LogP contribution < -0.4 is 0 Å². The van der Waals surface area contributed by atoms with Crippen molar-refractivity contribution in [2.45, 2.75) is 6.92 Å². The summed E-state index contributed by atoms with van der Waals surface area (Å²) < 4.78 is 0. The Morgan fingerprint density at radius 3 is 3.00 bits per heavy atom. The van der Waals surface area contributed by atoms with Gasteiger partial charge in [0.2, 0.25) is 0 Å². The van der Waals surface area contributed by atoms with Crippen LogP contribution in [0.15, 0.2) is 23.6 Å². The molecule has 0 aliphatic heterocycles. The van der Waals surface area contributed by atoms with E-state index in [1.807, 2.05) is 23.6 Å². The van der Waals surface area contributed by atoms with Gasteiger partial charge in [0, 0.05) is 4.88 Å². The van der Waals surface area contributed by atoms with Crippen LogP contribution in [0, 0.1) is 0 Å². The molecule has 0 saturated carbocycles. The molecule has 0 spiro atoms. The third kappa shape index (κ3) is 2.15. The zero-order valence-electron chi connectivity index (χ0n) is 5.70. The minimum atomic E-state index is 0.0911. The summed E-state index contributed by atoms with van der Waals surface area (Å²) in [6, 6.07) is 3.94. The summed E-state index contributed by atoms with van der Waals surface area (Å²) in [4.78, 5) is 11.6. The molecule has 0 fully saturated rings. The summed E-state index contributed by atoms with van der Waals surface area (Å²) in [5.74, 6) is 0.0911. The number of hydrogen-bond donors (Lipinski definition) is 0. The molecule has 1 aromatic heterocycles. The van der Waals surface area contributed by atoms with Gasteiger partial charge in [-0.25, -0.2) is 0 Å². The molecule has 0 saturated heterocycles. The van der Waals surface area contributed by atoms with E-state index in [1.165, 1.54) is 0 Å². The van der Waals surface area contributed by atoms with Gasteiger partial charge in [0.05, 0.1) is 0 Å². The second-order valence-corrected chi connectivity index (χ2v) is 2.94. The Balaban J connectivity index is 2.64. The highest BCUT2D eigenvalue weighted by Crippen LogP contribution is 2.09. The summed E-state index contributed by atoms with van der Waals surface area (Å²) in [6.07, 6.45) is 3.40. The highest BCUT2D eigenvalue weighted by Gasteiger charge is 1.85. The fourth-order valence-electron chi connectivity index (χ4n) is 0.586. The van der Waals surface area contributed by atoms with Crippen LogP contribution in [0.1, 0.15) is 11.8 Å². The van der Waals surface area contributed by atoms with Gasteiger partial charge in [0.25, 0.3) is 0 Å². The van der Waals surface area contributed by atoms with Crippen molar-refractivity contribution in [2.75, 3.05) is 0 Å². The van der Waals surface area contributed by atoms with Crippen LogP contribution in [0.25, 0.3) is 6.08 Å². The smallest absolute Gasteiger partial charge is 0.152 e. The van der Waals surface area contributed by atoms with E-state index in [1.54, 1.807) is 24.3 Å². The van der Waals surface area contributed by atoms with E-state index in [0.29, 0.717) is 0 Å². The van der Waals surface area contributed by atoms with Crippen molar-refractivity contribution in [3.05, 3.63) is 28.5 Å². The summed E-state index contributed by atoms with van der Waals surface area (Å²) in [5, 5.41) is 1.99. The van der Waals surface area contributed by atoms with Gasteiger partial charge in [-0.15, -0.1) is 11.3 Å². The van der Waals surface area contributed by atoms with Crippen molar-refractivity contribution in [1.29, 1.82) is 0 Å². The molecule has 0 aliphatic rings. The van der Waals surface area contributed by atoms with Crippen molar-refractivity contribution in [2.24, 2.45) is 0 Å². The van der Waals surface area contributed by atoms with Gasteiger partial charge in [0.15, 0.2) is 5.78 Å². The lowest BCUT2D eigenvalue weighted by molar-refractivity contribution is -0.112. The summed E-state index contributed by atoms with van der Waals surface area (Å²) in [6.45, 7) is 1.55. The normalized spacial score (nSPS) is 10.5. The van der Waals surface area contributed by atoms with Crippen LogP contribution in [0.4, 0.5) is 0 Å². The number of thiophene rings is 1. The third-order valence-electron chi connectivity index (χ3n) is 1.03. The number of allylic oxidation sites excluding steroid dienone is 1. The zero-order chi connectivity index (χ0) is 7.40. The topological polar surface area (TPSA) is 17.1 Å². The highest BCUT2D eigenvalue weighted by atomic mass is 32.1. The van der Waals surface area contributed by atoms with Gasteiger partial charge in [0.1, 0.15) is 0 Å². The molecular weight excluding hydrogens is 144 g/mol. The quantitative estimate of drug-likeness (QED) is 0.594. The van der Waals surface area contributed by atoms with Crippen molar-refractivity contribution in [3.8, 4) is 0 Å². The van der Waals surface area contributed by atoms with E-state index in [0.717, 1.165) is 4.88 Å². The monoisotopic (exact) mass is 152 g/mol. The summed E-state index contributed by atoms with van der Waals surface area (Å²) in [7, 11) is 0. The SMILES string of the molecule is CC(=O)/C=C\c1cccs1. The highest BCUT2D eigenvalue weighted by molar-refractivity contribution is 7.10. The second kappa shape index (κ2) is 3.32. The first-order chi connectivity index (χ1) is 4.79.